The molecule has 0 aromatic rings. The third-order valence-corrected chi connectivity index (χ3v) is 28.2. The van der Waals surface area contributed by atoms with E-state index in [1.54, 1.807) is 0 Å². The molecule has 0 spiro atoms. The molecule has 0 radical (unpaired) electrons. The molecule has 49 heteroatoms. The molecule has 1 unspecified atom stereocenters. The molecular formula is C70H112O42S7. The van der Waals surface area contributed by atoms with Crippen molar-refractivity contribution in [2.24, 2.45) is 0 Å². The molecule has 686 valence electrons. The maximum absolute atomic E-state index is 12.3. The van der Waals surface area contributed by atoms with E-state index >= 15 is 0 Å². The first-order valence-electron chi connectivity index (χ1n) is 38.9. The smallest absolute Gasteiger partial charge is 0.303 e. The van der Waals surface area contributed by atoms with E-state index in [0.29, 0.717) is 0 Å². The second-order valence-corrected chi connectivity index (χ2v) is 37.4. The highest BCUT2D eigenvalue weighted by Gasteiger charge is 2.60. The van der Waals surface area contributed by atoms with Gasteiger partial charge < -0.3 is 174 Å². The molecule has 0 saturated carbocycles. The van der Waals surface area contributed by atoms with Crippen LogP contribution >= 0.6 is 82.3 Å². The van der Waals surface area contributed by atoms with Crippen LogP contribution in [0.3, 0.4) is 0 Å². The predicted octanol–water partition coefficient (Wildman–Crippen LogP) is -3.99. The molecule has 21 fully saturated rings. The average molecular weight is 1850 g/mol. The highest BCUT2D eigenvalue weighted by molar-refractivity contribution is 8.00. The quantitative estimate of drug-likeness (QED) is 0.0259. The highest BCUT2D eigenvalue weighted by atomic mass is 32.2. The van der Waals surface area contributed by atoms with Crippen LogP contribution in [-0.2, 0) is 99.9 Å². The minimum atomic E-state index is -2.23. The molecule has 42 nitrogen and oxygen atoms in total. The van der Waals surface area contributed by atoms with Gasteiger partial charge in [-0.15, -0.1) is 0 Å². The zero-order valence-electron chi connectivity index (χ0n) is 64.3. The minimum Gasteiger partial charge on any atom is -0.481 e. The van der Waals surface area contributed by atoms with Gasteiger partial charge in [0.25, 0.3) is 0 Å². The van der Waals surface area contributed by atoms with Crippen molar-refractivity contribution < 1.29 is 207 Å². The summed E-state index contributed by atoms with van der Waals surface area (Å²) in [6.45, 7) is 0. The van der Waals surface area contributed by atoms with E-state index in [1.807, 2.05) is 0 Å². The maximum atomic E-state index is 12.3. The summed E-state index contributed by atoms with van der Waals surface area (Å²) >= 11 is 7.45. The summed E-state index contributed by atoms with van der Waals surface area (Å²) in [5, 5.41) is 238. The van der Waals surface area contributed by atoms with Gasteiger partial charge in [-0.2, -0.15) is 82.3 Å². The number of aliphatic carboxylic acids is 7. The number of aliphatic hydroxyl groups is 14. The Morgan fingerprint density at radius 2 is 0.286 bits per heavy atom. The number of hydrogen-bond acceptors (Lipinski definition) is 42. The van der Waals surface area contributed by atoms with E-state index in [1.165, 1.54) is 0 Å². The zero-order chi connectivity index (χ0) is 86.9. The molecule has 21 aliphatic rings. The molecule has 35 atom stereocenters. The van der Waals surface area contributed by atoms with Crippen molar-refractivity contribution in [3.05, 3.63) is 0 Å². The number of carboxylic acid groups (broad SMARTS) is 7. The van der Waals surface area contributed by atoms with E-state index in [-0.39, 0.29) is 170 Å². The first kappa shape index (κ1) is 102. The number of carbonyl (C=O) groups is 7. The van der Waals surface area contributed by atoms with Gasteiger partial charge >= 0.3 is 41.8 Å². The summed E-state index contributed by atoms with van der Waals surface area (Å²) in [6.07, 6.45) is -69.5. The number of aliphatic hydroxyl groups excluding tert-OH is 14. The Kier molecular flexibility index (Phi) is 43.7. The molecule has 14 bridgehead atoms. The highest BCUT2D eigenvalue weighted by Crippen LogP contribution is 2.42. The lowest BCUT2D eigenvalue weighted by atomic mass is 9.95. The molecular weight excluding hydrogens is 1740 g/mol. The Balaban J connectivity index is 1.22. The lowest BCUT2D eigenvalue weighted by Crippen LogP contribution is -2.68. The molecule has 119 heavy (non-hydrogen) atoms. The second kappa shape index (κ2) is 51.0. The molecule has 21 rings (SSSR count). The number of carboxylic acids is 7. The molecule has 21 N–H and O–H groups in total. The topological polar surface area (TPSA) is 674 Å². The Hall–Kier alpha value is -2.38. The molecule has 0 aromatic carbocycles. The van der Waals surface area contributed by atoms with Crippen LogP contribution in [0.4, 0.5) is 0 Å². The minimum absolute atomic E-state index is 0.0923. The van der Waals surface area contributed by atoms with Gasteiger partial charge in [0.15, 0.2) is 44.0 Å². The first-order chi connectivity index (χ1) is 56.6. The standard InChI is InChI=1S/C70H112O42S7/c71-36(72)8-1-15-113-22-29-57-43(85)50(92)64(99-29)107-58-30(23-114-16-2-9-37(73)74)101-66(52(94)45(58)87)109-60-32(25-116-18-4-11-39(77)78)103-68(54(96)47(60)89)111-62-34(27-118-20-6-13-41(81)82)105-70(56(98)49(62)91)112-63-35(28-119-21-7-14-42(83)84)104-69(55(97)48(63)90)110-61-33(26-117-19-5-12-40(79)80)102-67(53(95)46(61)88)108-59-31(24-115-17-3-10-38(75)76)100-65(106-57)51(93)44(59)86/h29-35,43-70,85-98H,1-28H2,(H,71,72)(H,73,74)(H,75,76)(H,77,78)(H,79,80)(H,81,82)(H,83,84)/t29-,30-,31-,32-,33-,34-,35-,43-,44-,45-,46-,47-,48-,49-,50-,51-,52-,53-,54-,55-,56?,57-,58-,59-,60-,61-,62-,63-,64-,65-,66-,67-,68-,69-,70-/m1/s1. The summed E-state index contributed by atoms with van der Waals surface area (Å²) in [4.78, 5) is 81.2. The molecule has 21 saturated heterocycles. The van der Waals surface area contributed by atoms with E-state index < -0.39 is 257 Å². The third-order valence-electron chi connectivity index (χ3n) is 20.3. The van der Waals surface area contributed by atoms with Crippen molar-refractivity contribution in [1.29, 1.82) is 0 Å². The van der Waals surface area contributed by atoms with Gasteiger partial charge in [0.1, 0.15) is 128 Å². The number of ether oxygens (including phenoxy) is 14. The molecule has 21 heterocycles. The number of hydrogen-bond donors (Lipinski definition) is 21. The summed E-state index contributed by atoms with van der Waals surface area (Å²) in [6, 6.07) is 0. The van der Waals surface area contributed by atoms with Crippen molar-refractivity contribution in [1.82, 2.24) is 0 Å². The van der Waals surface area contributed by atoms with Gasteiger partial charge in [-0.1, -0.05) is 0 Å². The van der Waals surface area contributed by atoms with E-state index in [9.17, 15) is 141 Å². The molecule has 0 aliphatic carbocycles. The van der Waals surface area contributed by atoms with Gasteiger partial charge in [-0.25, -0.2) is 0 Å². The first-order valence-corrected chi connectivity index (χ1v) is 47.0. The number of rotatable bonds is 42. The Morgan fingerprint density at radius 3 is 0.387 bits per heavy atom. The van der Waals surface area contributed by atoms with Crippen molar-refractivity contribution in [3.63, 3.8) is 0 Å². The van der Waals surface area contributed by atoms with Crippen LogP contribution in [-0.4, -0.2) is 445 Å². The summed E-state index contributed by atoms with van der Waals surface area (Å²) in [5.41, 5.74) is 0. The third kappa shape index (κ3) is 30.4. The number of thioether (sulfide) groups is 7. The van der Waals surface area contributed by atoms with E-state index in [2.05, 4.69) is 0 Å². The van der Waals surface area contributed by atoms with Crippen LogP contribution in [0.2, 0.25) is 0 Å². The molecule has 21 aliphatic heterocycles. The lowest BCUT2D eigenvalue weighted by molar-refractivity contribution is -0.389. The summed E-state index contributed by atoms with van der Waals surface area (Å²) < 4.78 is 89.0. The van der Waals surface area contributed by atoms with E-state index in [4.69, 9.17) is 66.3 Å². The van der Waals surface area contributed by atoms with Gasteiger partial charge in [-0.3, -0.25) is 33.6 Å². The van der Waals surface area contributed by atoms with Crippen LogP contribution in [0.1, 0.15) is 89.9 Å². The average Bonchev–Trinajstić information content (AvgIpc) is 0.957. The summed E-state index contributed by atoms with van der Waals surface area (Å²) in [5.74, 6) is -8.74. The fourth-order valence-electron chi connectivity index (χ4n) is 14.0. The SMILES string of the molecule is O=C(O)CCCSC[C@H]1O[C@@H]2O[C@H]3[C@H](O)[C@@H](O)[C@@H](O[C@H]4[C@H](O)[C@@H](O)[C@@H](O[C@H]5[C@H](O)[C@@H](O)[C@@H](O[C@H]6[C@H](O)[C@@H](O)[C@@H](O[C@H]7[C@H](O)[C@@H](O)[C@@H](O[C@H]8[C@H](O)C(O)[C@@H](O[C@H]1[C@H](O)[C@H]2O)O[C@@H]8CSCCCC(=O)O)O[C@@H]7CSCCCC(=O)O)O[C@@H]6CSCCCC(=O)O)O[C@@H]5CSCCCC(=O)O)O[C@@H]4CSCCCC(=O)O)O[C@@H]3CSCCCC(=O)O. The Labute approximate surface area is 712 Å². The van der Waals surface area contributed by atoms with Crippen molar-refractivity contribution in [2.45, 2.75) is 305 Å². The predicted molar refractivity (Wildman–Crippen MR) is 418 cm³/mol. The van der Waals surface area contributed by atoms with Gasteiger partial charge in [0.05, 0.1) is 42.7 Å². The largest absolute Gasteiger partial charge is 0.481 e. The van der Waals surface area contributed by atoms with Crippen LogP contribution < -0.4 is 0 Å². The Bertz CT molecular complexity index is 2550. The fraction of sp³-hybridized carbons (Fsp3) is 0.900. The van der Waals surface area contributed by atoms with Crippen molar-refractivity contribution in [2.75, 3.05) is 80.5 Å². The van der Waals surface area contributed by atoms with Crippen molar-refractivity contribution in [3.8, 4) is 0 Å². The van der Waals surface area contributed by atoms with Gasteiger partial charge in [0, 0.05) is 85.2 Å². The van der Waals surface area contributed by atoms with Crippen LogP contribution in [0, 0.1) is 0 Å². The fourth-order valence-corrected chi connectivity index (χ4v) is 21.1. The van der Waals surface area contributed by atoms with E-state index in [0.717, 1.165) is 82.3 Å². The van der Waals surface area contributed by atoms with Crippen molar-refractivity contribution >= 4 is 124 Å². The summed E-state index contributed by atoms with van der Waals surface area (Å²) in [7, 11) is 0. The van der Waals surface area contributed by atoms with Crippen LogP contribution in [0.25, 0.3) is 0 Å². The second-order valence-electron chi connectivity index (χ2n) is 29.4. The van der Waals surface area contributed by atoms with Crippen LogP contribution in [0.15, 0.2) is 0 Å². The molecule has 0 amide bonds. The zero-order valence-corrected chi connectivity index (χ0v) is 70.0. The van der Waals surface area contributed by atoms with Gasteiger partial charge in [-0.05, 0) is 85.2 Å². The monoisotopic (exact) mass is 1850 g/mol. The normalized spacial score (nSPS) is 39.8. The van der Waals surface area contributed by atoms with Crippen LogP contribution in [0.5, 0.6) is 0 Å². The maximum Gasteiger partial charge on any atom is 0.303 e. The Morgan fingerprint density at radius 1 is 0.176 bits per heavy atom. The molecule has 0 aromatic heterocycles. The van der Waals surface area contributed by atoms with Gasteiger partial charge in [0.2, 0.25) is 0 Å². The lowest BCUT2D eigenvalue weighted by Gasteiger charge is -2.50.